The van der Waals surface area contributed by atoms with E-state index in [-0.39, 0.29) is 12.2 Å². The number of aromatic carboxylic acids is 1. The van der Waals surface area contributed by atoms with Crippen molar-refractivity contribution < 1.29 is 15.0 Å². The van der Waals surface area contributed by atoms with Crippen LogP contribution in [0.15, 0.2) is 24.3 Å². The van der Waals surface area contributed by atoms with Crippen LogP contribution in [0.25, 0.3) is 0 Å². The van der Waals surface area contributed by atoms with Crippen molar-refractivity contribution in [3.8, 4) is 0 Å². The molecule has 4 nitrogen and oxygen atoms in total. The molecule has 0 aliphatic heterocycles. The van der Waals surface area contributed by atoms with Gasteiger partial charge in [0.1, 0.15) is 0 Å². The second-order valence-corrected chi connectivity index (χ2v) is 3.46. The fourth-order valence-electron chi connectivity index (χ4n) is 1.08. The third-order valence-corrected chi connectivity index (χ3v) is 2.12. The maximum Gasteiger partial charge on any atom is 0.335 e. The molecule has 1 aromatic rings. The largest absolute Gasteiger partial charge is 0.478 e. The molecule has 0 aliphatic rings. The number of aliphatic hydroxyl groups is 1. The summed E-state index contributed by atoms with van der Waals surface area (Å²) in [5.74, 6) is -0.973. The molecule has 14 heavy (non-hydrogen) atoms. The van der Waals surface area contributed by atoms with Gasteiger partial charge in [-0.15, -0.1) is 0 Å². The second kappa shape index (κ2) is 3.77. The van der Waals surface area contributed by atoms with Crippen LogP contribution in [0.1, 0.15) is 22.8 Å². The van der Waals surface area contributed by atoms with E-state index in [0.717, 1.165) is 0 Å². The molecule has 0 saturated heterocycles. The van der Waals surface area contributed by atoms with Gasteiger partial charge in [0, 0.05) is 0 Å². The van der Waals surface area contributed by atoms with E-state index in [4.69, 9.17) is 15.9 Å². The van der Waals surface area contributed by atoms with Crippen molar-refractivity contribution in [1.29, 1.82) is 0 Å². The summed E-state index contributed by atoms with van der Waals surface area (Å²) in [4.78, 5) is 10.6. The first kappa shape index (κ1) is 10.7. The summed E-state index contributed by atoms with van der Waals surface area (Å²) in [6.45, 7) is 1.50. The Morgan fingerprint density at radius 1 is 1.43 bits per heavy atom. The minimum Gasteiger partial charge on any atom is -0.478 e. The van der Waals surface area contributed by atoms with Gasteiger partial charge in [0.25, 0.3) is 0 Å². The molecule has 1 aromatic carbocycles. The Morgan fingerprint density at radius 3 is 2.29 bits per heavy atom. The van der Waals surface area contributed by atoms with Crippen molar-refractivity contribution in [2.24, 2.45) is 5.73 Å². The lowest BCUT2D eigenvalue weighted by atomic mass is 9.93. The van der Waals surface area contributed by atoms with Crippen LogP contribution in [-0.4, -0.2) is 22.8 Å². The van der Waals surface area contributed by atoms with Crippen LogP contribution in [0.2, 0.25) is 0 Å². The molecule has 76 valence electrons. The Hall–Kier alpha value is -1.39. The molecule has 0 unspecified atom stereocenters. The number of carboxylic acid groups (broad SMARTS) is 1. The van der Waals surface area contributed by atoms with E-state index in [2.05, 4.69) is 0 Å². The molecule has 1 atom stereocenters. The van der Waals surface area contributed by atoms with Crippen molar-refractivity contribution in [3.05, 3.63) is 35.4 Å². The van der Waals surface area contributed by atoms with E-state index in [1.54, 1.807) is 19.1 Å². The monoisotopic (exact) mass is 195 g/mol. The first-order chi connectivity index (χ1) is 6.47. The quantitative estimate of drug-likeness (QED) is 0.657. The summed E-state index contributed by atoms with van der Waals surface area (Å²) in [6.07, 6.45) is 0. The minimum atomic E-state index is -0.973. The molecule has 0 bridgehead atoms. The molecule has 4 heteroatoms. The van der Waals surface area contributed by atoms with E-state index in [9.17, 15) is 4.79 Å². The van der Waals surface area contributed by atoms with E-state index in [1.165, 1.54) is 12.1 Å². The van der Waals surface area contributed by atoms with Gasteiger partial charge in [0.2, 0.25) is 0 Å². The van der Waals surface area contributed by atoms with Gasteiger partial charge in [-0.25, -0.2) is 4.79 Å². The van der Waals surface area contributed by atoms with Crippen LogP contribution in [0.4, 0.5) is 0 Å². The highest BCUT2D eigenvalue weighted by Crippen LogP contribution is 2.17. The van der Waals surface area contributed by atoms with Crippen molar-refractivity contribution in [2.75, 3.05) is 6.61 Å². The van der Waals surface area contributed by atoms with Crippen molar-refractivity contribution in [3.63, 3.8) is 0 Å². The summed E-state index contributed by atoms with van der Waals surface area (Å²) in [5, 5.41) is 17.6. The molecule has 0 radical (unpaired) electrons. The number of carbonyl (C=O) groups is 1. The Labute approximate surface area is 82.0 Å². The first-order valence-electron chi connectivity index (χ1n) is 4.21. The highest BCUT2D eigenvalue weighted by Gasteiger charge is 2.19. The summed E-state index contributed by atoms with van der Waals surface area (Å²) in [7, 11) is 0. The normalized spacial score (nSPS) is 14.8. The van der Waals surface area contributed by atoms with Gasteiger partial charge in [-0.05, 0) is 24.6 Å². The maximum absolute atomic E-state index is 10.6. The summed E-state index contributed by atoms with van der Waals surface area (Å²) in [5.41, 5.74) is 5.87. The molecular weight excluding hydrogens is 182 g/mol. The Kier molecular flexibility index (Phi) is 2.88. The Balaban J connectivity index is 2.99. The topological polar surface area (TPSA) is 83.5 Å². The van der Waals surface area contributed by atoms with E-state index in [1.807, 2.05) is 0 Å². The molecule has 0 aliphatic carbocycles. The predicted octanol–water partition coefficient (Wildman–Crippen LogP) is 0.551. The highest BCUT2D eigenvalue weighted by molar-refractivity contribution is 5.87. The fourth-order valence-corrected chi connectivity index (χ4v) is 1.08. The number of carboxylic acids is 1. The van der Waals surface area contributed by atoms with Crippen LogP contribution in [0, 0.1) is 0 Å². The molecule has 4 N–H and O–H groups in total. The fraction of sp³-hybridized carbons (Fsp3) is 0.300. The number of hydrogen-bond acceptors (Lipinski definition) is 3. The van der Waals surface area contributed by atoms with Gasteiger partial charge in [-0.3, -0.25) is 0 Å². The van der Waals surface area contributed by atoms with Gasteiger partial charge in [-0.2, -0.15) is 0 Å². The molecule has 1 rings (SSSR count). The predicted molar refractivity (Wildman–Crippen MR) is 52.0 cm³/mol. The average Bonchev–Trinajstić information content (AvgIpc) is 2.18. The van der Waals surface area contributed by atoms with Crippen LogP contribution < -0.4 is 5.73 Å². The van der Waals surface area contributed by atoms with Gasteiger partial charge < -0.3 is 15.9 Å². The average molecular weight is 195 g/mol. The van der Waals surface area contributed by atoms with Crippen molar-refractivity contribution in [1.82, 2.24) is 0 Å². The Bertz CT molecular complexity index is 330. The summed E-state index contributed by atoms with van der Waals surface area (Å²) in [6, 6.07) is 6.16. The summed E-state index contributed by atoms with van der Waals surface area (Å²) >= 11 is 0. The van der Waals surface area contributed by atoms with Crippen molar-refractivity contribution >= 4 is 5.97 Å². The number of benzene rings is 1. The zero-order chi connectivity index (χ0) is 10.8. The third kappa shape index (κ3) is 2.10. The van der Waals surface area contributed by atoms with E-state index < -0.39 is 11.5 Å². The van der Waals surface area contributed by atoms with Gasteiger partial charge >= 0.3 is 5.97 Å². The lowest BCUT2D eigenvalue weighted by molar-refractivity contribution is 0.0697. The summed E-state index contributed by atoms with van der Waals surface area (Å²) < 4.78 is 0. The van der Waals surface area contributed by atoms with E-state index >= 15 is 0 Å². The molecule has 0 saturated carbocycles. The lowest BCUT2D eigenvalue weighted by Gasteiger charge is -2.22. The van der Waals surface area contributed by atoms with Crippen molar-refractivity contribution in [2.45, 2.75) is 12.5 Å². The molecular formula is C10H13NO3. The highest BCUT2D eigenvalue weighted by atomic mass is 16.4. The Morgan fingerprint density at radius 2 is 1.93 bits per heavy atom. The SMILES string of the molecule is C[C@](N)(CO)c1ccc(C(=O)O)cc1. The standard InChI is InChI=1S/C10H13NO3/c1-10(11,6-12)8-4-2-7(3-5-8)9(13)14/h2-5,12H,6,11H2,1H3,(H,13,14)/t10-/m0/s1. The minimum absolute atomic E-state index is 0.181. The van der Waals surface area contributed by atoms with Crippen LogP contribution in [0.5, 0.6) is 0 Å². The number of aliphatic hydroxyl groups excluding tert-OH is 1. The van der Waals surface area contributed by atoms with Gasteiger partial charge in [0.15, 0.2) is 0 Å². The molecule has 0 fully saturated rings. The zero-order valence-electron chi connectivity index (χ0n) is 7.90. The number of nitrogens with two attached hydrogens (primary N) is 1. The smallest absolute Gasteiger partial charge is 0.335 e. The van der Waals surface area contributed by atoms with Gasteiger partial charge in [-0.1, -0.05) is 12.1 Å². The van der Waals surface area contributed by atoms with Gasteiger partial charge in [0.05, 0.1) is 17.7 Å². The van der Waals surface area contributed by atoms with Crippen LogP contribution in [0.3, 0.4) is 0 Å². The zero-order valence-corrected chi connectivity index (χ0v) is 7.90. The second-order valence-electron chi connectivity index (χ2n) is 3.46. The maximum atomic E-state index is 10.6. The molecule has 0 heterocycles. The molecule has 0 aromatic heterocycles. The first-order valence-corrected chi connectivity index (χ1v) is 4.21. The van der Waals surface area contributed by atoms with Crippen LogP contribution >= 0.6 is 0 Å². The number of hydrogen-bond donors (Lipinski definition) is 3. The lowest BCUT2D eigenvalue weighted by Crippen LogP contribution is -2.36. The third-order valence-electron chi connectivity index (χ3n) is 2.12. The molecule has 0 spiro atoms. The molecule has 0 amide bonds. The van der Waals surface area contributed by atoms with Crippen LogP contribution in [-0.2, 0) is 5.54 Å². The number of rotatable bonds is 3. The van der Waals surface area contributed by atoms with E-state index in [0.29, 0.717) is 5.56 Å².